The second-order valence-corrected chi connectivity index (χ2v) is 3.97. The Morgan fingerprint density at radius 2 is 1.70 bits per heavy atom. The second-order valence-electron chi connectivity index (χ2n) is 3.58. The molecule has 0 saturated heterocycles. The number of ether oxygens (including phenoxy) is 4. The Morgan fingerprint density at radius 3 is 2.30 bits per heavy atom. The Bertz CT molecular complexity index is 388. The van der Waals surface area contributed by atoms with E-state index in [2.05, 4.69) is 9.97 Å². The van der Waals surface area contributed by atoms with E-state index >= 15 is 0 Å². The number of halogens is 1. The summed E-state index contributed by atoms with van der Waals surface area (Å²) in [5.74, 6) is -0.561. The van der Waals surface area contributed by atoms with Crippen molar-refractivity contribution >= 4 is 17.6 Å². The van der Waals surface area contributed by atoms with Crippen LogP contribution in [0.25, 0.3) is 0 Å². The van der Waals surface area contributed by atoms with Crippen LogP contribution in [0, 0.1) is 0 Å². The molecule has 0 N–H and O–H groups in total. The van der Waals surface area contributed by atoms with Crippen molar-refractivity contribution in [2.24, 2.45) is 0 Å². The average Bonchev–Trinajstić information content (AvgIpc) is 2.46. The monoisotopic (exact) mass is 304 g/mol. The molecule has 0 fully saturated rings. The van der Waals surface area contributed by atoms with Crippen LogP contribution in [0.3, 0.4) is 0 Å². The molecule has 0 unspecified atom stereocenters. The van der Waals surface area contributed by atoms with Crippen molar-refractivity contribution in [2.45, 2.75) is 0 Å². The number of carbonyl (C=O) groups excluding carboxylic acids is 1. The molecule has 0 aliphatic carbocycles. The number of hydrogen-bond acceptors (Lipinski definition) is 7. The lowest BCUT2D eigenvalue weighted by Gasteiger charge is -2.06. The SMILES string of the molecule is COCCOCCOCCOC(=O)c1cnc(Cl)cn1. The minimum Gasteiger partial charge on any atom is -0.458 e. The van der Waals surface area contributed by atoms with Crippen molar-refractivity contribution in [2.75, 3.05) is 46.8 Å². The van der Waals surface area contributed by atoms with Gasteiger partial charge in [0.25, 0.3) is 0 Å². The van der Waals surface area contributed by atoms with Gasteiger partial charge in [-0.2, -0.15) is 0 Å². The second kappa shape index (κ2) is 10.5. The van der Waals surface area contributed by atoms with Gasteiger partial charge in [0.1, 0.15) is 11.8 Å². The first-order valence-electron chi connectivity index (χ1n) is 6.03. The smallest absolute Gasteiger partial charge is 0.358 e. The predicted octanol–water partition coefficient (Wildman–Crippen LogP) is 0.966. The number of methoxy groups -OCH3 is 1. The summed E-state index contributed by atoms with van der Waals surface area (Å²) < 4.78 is 20.2. The molecule has 1 rings (SSSR count). The lowest BCUT2D eigenvalue weighted by molar-refractivity contribution is 0.00547. The fraction of sp³-hybridized carbons (Fsp3) is 0.583. The van der Waals surface area contributed by atoms with Crippen molar-refractivity contribution in [1.29, 1.82) is 0 Å². The van der Waals surface area contributed by atoms with Crippen LogP contribution in [-0.2, 0) is 18.9 Å². The Hall–Kier alpha value is -1.28. The molecule has 1 aromatic heterocycles. The lowest BCUT2D eigenvalue weighted by Crippen LogP contribution is -2.14. The topological polar surface area (TPSA) is 79.8 Å². The predicted molar refractivity (Wildman–Crippen MR) is 70.8 cm³/mol. The van der Waals surface area contributed by atoms with E-state index in [1.165, 1.54) is 12.4 Å². The van der Waals surface area contributed by atoms with E-state index in [1.807, 2.05) is 0 Å². The van der Waals surface area contributed by atoms with Crippen LogP contribution in [0.1, 0.15) is 10.5 Å². The number of esters is 1. The molecule has 8 heteroatoms. The molecule has 0 aliphatic heterocycles. The minimum absolute atomic E-state index is 0.109. The van der Waals surface area contributed by atoms with E-state index in [9.17, 15) is 4.79 Å². The van der Waals surface area contributed by atoms with Gasteiger partial charge in [-0.1, -0.05) is 11.6 Å². The normalized spacial score (nSPS) is 10.5. The van der Waals surface area contributed by atoms with Gasteiger partial charge in [0.15, 0.2) is 5.69 Å². The van der Waals surface area contributed by atoms with Crippen LogP contribution in [-0.4, -0.2) is 62.7 Å². The highest BCUT2D eigenvalue weighted by atomic mass is 35.5. The number of aromatic nitrogens is 2. The van der Waals surface area contributed by atoms with Crippen LogP contribution in [0.5, 0.6) is 0 Å². The van der Waals surface area contributed by atoms with Crippen molar-refractivity contribution in [1.82, 2.24) is 9.97 Å². The Balaban J connectivity index is 2.01. The third-order valence-electron chi connectivity index (χ3n) is 2.09. The molecule has 0 aliphatic rings. The quantitative estimate of drug-likeness (QED) is 0.470. The van der Waals surface area contributed by atoms with Crippen LogP contribution >= 0.6 is 11.6 Å². The van der Waals surface area contributed by atoms with Crippen LogP contribution in [0.4, 0.5) is 0 Å². The summed E-state index contributed by atoms with van der Waals surface area (Å²) in [6, 6.07) is 0. The van der Waals surface area contributed by atoms with E-state index in [0.29, 0.717) is 33.0 Å². The zero-order chi connectivity index (χ0) is 14.6. The summed E-state index contributed by atoms with van der Waals surface area (Å²) >= 11 is 5.56. The van der Waals surface area contributed by atoms with Crippen molar-refractivity contribution in [3.63, 3.8) is 0 Å². The Labute approximate surface area is 122 Å². The van der Waals surface area contributed by atoms with E-state index in [0.717, 1.165) is 0 Å². The fourth-order valence-corrected chi connectivity index (χ4v) is 1.25. The molecule has 1 heterocycles. The highest BCUT2D eigenvalue weighted by Gasteiger charge is 2.08. The van der Waals surface area contributed by atoms with Crippen LogP contribution < -0.4 is 0 Å². The third-order valence-corrected chi connectivity index (χ3v) is 2.29. The van der Waals surface area contributed by atoms with Crippen LogP contribution in [0.2, 0.25) is 5.15 Å². The van der Waals surface area contributed by atoms with Crippen LogP contribution in [0.15, 0.2) is 12.4 Å². The summed E-state index contributed by atoms with van der Waals surface area (Å²) in [4.78, 5) is 19.0. The largest absolute Gasteiger partial charge is 0.458 e. The maximum absolute atomic E-state index is 11.5. The molecule has 20 heavy (non-hydrogen) atoms. The van der Waals surface area contributed by atoms with Gasteiger partial charge in [-0.15, -0.1) is 0 Å². The molecule has 0 radical (unpaired) electrons. The van der Waals surface area contributed by atoms with Gasteiger partial charge in [0, 0.05) is 7.11 Å². The molecule has 7 nitrogen and oxygen atoms in total. The van der Waals surface area contributed by atoms with Gasteiger partial charge >= 0.3 is 5.97 Å². The maximum Gasteiger partial charge on any atom is 0.358 e. The fourth-order valence-electron chi connectivity index (χ4n) is 1.15. The van der Waals surface area contributed by atoms with E-state index in [4.69, 9.17) is 30.5 Å². The Kier molecular flexibility index (Phi) is 8.81. The number of carbonyl (C=O) groups is 1. The van der Waals surface area contributed by atoms with Crippen molar-refractivity contribution in [3.05, 3.63) is 23.2 Å². The first kappa shape index (κ1) is 16.8. The van der Waals surface area contributed by atoms with E-state index < -0.39 is 5.97 Å². The zero-order valence-corrected chi connectivity index (χ0v) is 12.0. The summed E-state index contributed by atoms with van der Waals surface area (Å²) in [5.41, 5.74) is 0.109. The van der Waals surface area contributed by atoms with Gasteiger partial charge in [0.2, 0.25) is 0 Å². The van der Waals surface area contributed by atoms with Gasteiger partial charge < -0.3 is 18.9 Å². The third kappa shape index (κ3) is 7.34. The molecule has 0 atom stereocenters. The standard InChI is InChI=1S/C12H17ClN2O5/c1-17-2-3-18-4-5-19-6-7-20-12(16)10-8-15-11(13)9-14-10/h8-9H,2-7H2,1H3. The summed E-state index contributed by atoms with van der Waals surface area (Å²) in [6.45, 7) is 2.42. The maximum atomic E-state index is 11.5. The average molecular weight is 305 g/mol. The lowest BCUT2D eigenvalue weighted by atomic mass is 10.4. The highest BCUT2D eigenvalue weighted by molar-refractivity contribution is 6.29. The molecular weight excluding hydrogens is 288 g/mol. The van der Waals surface area contributed by atoms with Gasteiger partial charge in [-0.05, 0) is 0 Å². The summed E-state index contributed by atoms with van der Waals surface area (Å²) in [5, 5.41) is 0.221. The summed E-state index contributed by atoms with van der Waals surface area (Å²) in [7, 11) is 1.61. The van der Waals surface area contributed by atoms with Gasteiger partial charge in [-0.25, -0.2) is 14.8 Å². The number of hydrogen-bond donors (Lipinski definition) is 0. The van der Waals surface area contributed by atoms with Crippen molar-refractivity contribution in [3.8, 4) is 0 Å². The van der Waals surface area contributed by atoms with Gasteiger partial charge in [-0.3, -0.25) is 0 Å². The first-order chi connectivity index (χ1) is 9.74. The summed E-state index contributed by atoms with van der Waals surface area (Å²) in [6.07, 6.45) is 2.54. The number of nitrogens with zero attached hydrogens (tertiary/aromatic N) is 2. The molecular formula is C12H17ClN2O5. The van der Waals surface area contributed by atoms with E-state index in [1.54, 1.807) is 7.11 Å². The van der Waals surface area contributed by atoms with Crippen molar-refractivity contribution < 1.29 is 23.7 Å². The first-order valence-corrected chi connectivity index (χ1v) is 6.41. The molecule has 0 bridgehead atoms. The molecule has 0 amide bonds. The molecule has 1 aromatic rings. The molecule has 0 spiro atoms. The molecule has 0 aromatic carbocycles. The Morgan fingerprint density at radius 1 is 1.05 bits per heavy atom. The highest BCUT2D eigenvalue weighted by Crippen LogP contribution is 2.02. The van der Waals surface area contributed by atoms with E-state index in [-0.39, 0.29) is 17.5 Å². The zero-order valence-electron chi connectivity index (χ0n) is 11.2. The molecule has 112 valence electrons. The molecule has 0 saturated carbocycles. The number of rotatable bonds is 10. The minimum atomic E-state index is -0.561. The van der Waals surface area contributed by atoms with Gasteiger partial charge in [0.05, 0.1) is 45.4 Å².